The van der Waals surface area contributed by atoms with Gasteiger partial charge in [0.1, 0.15) is 18.1 Å². The lowest BCUT2D eigenvalue weighted by molar-refractivity contribution is -0.122. The predicted octanol–water partition coefficient (Wildman–Crippen LogP) is 0.135. The molecule has 1 aliphatic carbocycles. The number of amides is 2. The van der Waals surface area contributed by atoms with Crippen LogP contribution < -0.4 is 21.8 Å². The van der Waals surface area contributed by atoms with Crippen molar-refractivity contribution in [1.29, 1.82) is 5.41 Å². The van der Waals surface area contributed by atoms with Crippen molar-refractivity contribution in [3.05, 3.63) is 58.9 Å². The zero-order valence-corrected chi connectivity index (χ0v) is 27.2. The first-order valence-corrected chi connectivity index (χ1v) is 17.8. The van der Waals surface area contributed by atoms with E-state index < -0.39 is 103 Å². The van der Waals surface area contributed by atoms with Gasteiger partial charge in [0.05, 0.1) is 16.6 Å². The standard InChI is InChI=1S/C27H23N5O15S3/c28-17-6-4-14-20(15-5-7-18(29)24(50(44,45)46)22(15)47-21(14)23(17)49(41,42)43)13-3-2-12(10-16(13)27(36)37)25(34)31-19(11-48(38,39)40)26(35)32-30-8-1-9-33/h2-10,19,28H,1,11,29H2,(H,31,34)(H,32,35)(H,36,37)(H,38,39,40)(H,41,42,43)(H,44,45,46)/b28-17?,30-8+. The van der Waals surface area contributed by atoms with Crippen LogP contribution in [0, 0.1) is 5.41 Å². The Balaban J connectivity index is 1.99. The van der Waals surface area contributed by atoms with Gasteiger partial charge in [0.25, 0.3) is 42.2 Å². The molecule has 1 heterocycles. The number of carboxylic acids is 1. The van der Waals surface area contributed by atoms with Gasteiger partial charge in [-0.2, -0.15) is 30.4 Å². The third-order valence-electron chi connectivity index (χ3n) is 6.76. The van der Waals surface area contributed by atoms with E-state index in [1.807, 2.05) is 10.7 Å². The second-order valence-electron chi connectivity index (χ2n) is 10.1. The third kappa shape index (κ3) is 7.82. The van der Waals surface area contributed by atoms with Crippen molar-refractivity contribution < 1.29 is 67.6 Å². The lowest BCUT2D eigenvalue weighted by atomic mass is 9.89. The molecule has 0 saturated carbocycles. The van der Waals surface area contributed by atoms with Crippen LogP contribution in [-0.2, 0) is 39.9 Å². The van der Waals surface area contributed by atoms with Crippen LogP contribution in [-0.4, -0.2) is 86.1 Å². The molecule has 1 atom stereocenters. The maximum Gasteiger partial charge on any atom is 0.336 e. The molecule has 9 N–H and O–H groups in total. The van der Waals surface area contributed by atoms with E-state index >= 15 is 0 Å². The summed E-state index contributed by atoms with van der Waals surface area (Å²) < 4.78 is 107. The van der Waals surface area contributed by atoms with Gasteiger partial charge in [-0.05, 0) is 42.0 Å². The Hall–Kier alpha value is -5.59. The van der Waals surface area contributed by atoms with Crippen molar-refractivity contribution in [3.8, 4) is 22.5 Å². The van der Waals surface area contributed by atoms with E-state index in [2.05, 4.69) is 5.10 Å². The van der Waals surface area contributed by atoms with Crippen molar-refractivity contribution in [1.82, 2.24) is 10.7 Å². The van der Waals surface area contributed by atoms with E-state index in [9.17, 15) is 63.2 Å². The van der Waals surface area contributed by atoms with E-state index in [1.165, 1.54) is 0 Å². The van der Waals surface area contributed by atoms with Crippen molar-refractivity contribution in [3.63, 3.8) is 0 Å². The zero-order chi connectivity index (χ0) is 37.3. The number of aldehydes is 1. The van der Waals surface area contributed by atoms with E-state index in [4.69, 9.17) is 15.6 Å². The van der Waals surface area contributed by atoms with Crippen LogP contribution in [0.3, 0.4) is 0 Å². The molecule has 0 fully saturated rings. The Bertz CT molecular complexity index is 2490. The van der Waals surface area contributed by atoms with Gasteiger partial charge >= 0.3 is 5.97 Å². The normalized spacial score (nSPS) is 12.9. The molecule has 0 radical (unpaired) electrons. The van der Waals surface area contributed by atoms with Gasteiger partial charge in [0.2, 0.25) is 0 Å². The number of nitrogens with one attached hydrogen (secondary N) is 3. The second kappa shape index (κ2) is 13.7. The highest BCUT2D eigenvalue weighted by molar-refractivity contribution is 7.86. The molecule has 0 aromatic heterocycles. The number of carboxylic acid groups (broad SMARTS) is 1. The van der Waals surface area contributed by atoms with Gasteiger partial charge < -0.3 is 25.4 Å². The summed E-state index contributed by atoms with van der Waals surface area (Å²) in [5.74, 6) is -6.42. The number of rotatable bonds is 12. The summed E-state index contributed by atoms with van der Waals surface area (Å²) in [6, 6.07) is 4.88. The molecule has 4 rings (SSSR count). The topological polar surface area (TPSA) is 351 Å². The van der Waals surface area contributed by atoms with Crippen LogP contribution >= 0.6 is 0 Å². The molecule has 1 unspecified atom stereocenters. The first-order chi connectivity index (χ1) is 23.2. The number of hydrazone groups is 1. The van der Waals surface area contributed by atoms with Crippen molar-refractivity contribution in [2.24, 2.45) is 5.10 Å². The number of nitrogens with two attached hydrogens (primary N) is 1. The SMILES string of the molecule is N=c1ccc2c(-c3ccc(C(=O)NC(CS(=O)(=O)O)C(=O)N/N=C/CC=O)cc3C(=O)O)c3ccc(N)c(S(=O)(=O)O)c3oc-2c1S(=O)(=O)O. The summed E-state index contributed by atoms with van der Waals surface area (Å²) in [5.41, 5.74) is 4.08. The van der Waals surface area contributed by atoms with Crippen LogP contribution in [0.5, 0.6) is 0 Å². The third-order valence-corrected chi connectivity index (χ3v) is 9.37. The Morgan fingerprint density at radius 3 is 2.16 bits per heavy atom. The summed E-state index contributed by atoms with van der Waals surface area (Å²) in [5, 5.41) is 22.6. The van der Waals surface area contributed by atoms with Crippen molar-refractivity contribution in [2.45, 2.75) is 22.3 Å². The number of aromatic carboxylic acids is 1. The van der Waals surface area contributed by atoms with Gasteiger partial charge in [-0.3, -0.25) is 28.7 Å². The molecule has 2 aromatic rings. The minimum absolute atomic E-state index is 0.230. The van der Waals surface area contributed by atoms with Crippen LogP contribution in [0.25, 0.3) is 33.4 Å². The number of hydrogen-bond donors (Lipinski definition) is 8. The van der Waals surface area contributed by atoms with Crippen LogP contribution in [0.2, 0.25) is 0 Å². The van der Waals surface area contributed by atoms with Crippen molar-refractivity contribution >= 4 is 77.3 Å². The van der Waals surface area contributed by atoms with E-state index in [1.54, 1.807) is 0 Å². The summed E-state index contributed by atoms with van der Waals surface area (Å²) >= 11 is 0. The minimum atomic E-state index is -5.28. The lowest BCUT2D eigenvalue weighted by Gasteiger charge is -2.20. The predicted molar refractivity (Wildman–Crippen MR) is 170 cm³/mol. The molecule has 1 aliphatic heterocycles. The average Bonchev–Trinajstić information content (AvgIpc) is 2.99. The highest BCUT2D eigenvalue weighted by atomic mass is 32.2. The monoisotopic (exact) mass is 753 g/mol. The first kappa shape index (κ1) is 37.2. The van der Waals surface area contributed by atoms with Gasteiger partial charge in [-0.25, -0.2) is 10.2 Å². The minimum Gasteiger partial charge on any atom is -0.478 e. The number of carbonyl (C=O) groups excluding carboxylic acids is 3. The summed E-state index contributed by atoms with van der Waals surface area (Å²) in [7, 11) is -15.4. The largest absolute Gasteiger partial charge is 0.478 e. The first-order valence-electron chi connectivity index (χ1n) is 13.4. The zero-order valence-electron chi connectivity index (χ0n) is 24.7. The molecule has 2 aromatic carbocycles. The number of carbonyl (C=O) groups is 4. The Labute approximate surface area is 280 Å². The Kier molecular flexibility index (Phi) is 10.2. The maximum absolute atomic E-state index is 13.2. The van der Waals surface area contributed by atoms with Gasteiger partial charge in [0.15, 0.2) is 21.1 Å². The molecule has 264 valence electrons. The molecule has 2 amide bonds. The highest BCUT2D eigenvalue weighted by Crippen LogP contribution is 2.45. The van der Waals surface area contributed by atoms with Crippen LogP contribution in [0.15, 0.2) is 61.8 Å². The second-order valence-corrected chi connectivity index (χ2v) is 14.4. The number of nitrogen functional groups attached to an aromatic ring is 1. The van der Waals surface area contributed by atoms with E-state index in [0.717, 1.165) is 48.7 Å². The molecule has 0 spiro atoms. The van der Waals surface area contributed by atoms with Gasteiger partial charge in [-0.15, -0.1) is 0 Å². The van der Waals surface area contributed by atoms with Crippen LogP contribution in [0.4, 0.5) is 5.69 Å². The fourth-order valence-corrected chi connectivity index (χ4v) is 6.93. The smallest absolute Gasteiger partial charge is 0.336 e. The number of fused-ring (bicyclic) bond motifs is 2. The van der Waals surface area contributed by atoms with Crippen LogP contribution in [0.1, 0.15) is 27.1 Å². The fraction of sp³-hybridized carbons (Fsp3) is 0.111. The quantitative estimate of drug-likeness (QED) is 0.0238. The van der Waals surface area contributed by atoms with Crippen molar-refractivity contribution in [2.75, 3.05) is 11.5 Å². The molecule has 0 bridgehead atoms. The maximum atomic E-state index is 13.2. The molecule has 20 nitrogen and oxygen atoms in total. The summed E-state index contributed by atoms with van der Waals surface area (Å²) in [6.45, 7) is 0. The molecular weight excluding hydrogens is 731 g/mol. The molecular formula is C27H23N5O15S3. The van der Waals surface area contributed by atoms with Gasteiger partial charge in [-0.1, -0.05) is 6.07 Å². The number of anilines is 1. The number of hydrogen-bond acceptors (Lipinski definition) is 14. The molecule has 0 saturated heterocycles. The Morgan fingerprint density at radius 2 is 1.58 bits per heavy atom. The number of benzene rings is 3. The van der Waals surface area contributed by atoms with Gasteiger partial charge in [0, 0.05) is 34.7 Å². The molecule has 50 heavy (non-hydrogen) atoms. The fourth-order valence-electron chi connectivity index (χ4n) is 4.79. The highest BCUT2D eigenvalue weighted by Gasteiger charge is 2.32. The van der Waals surface area contributed by atoms with E-state index in [0.29, 0.717) is 6.29 Å². The summed E-state index contributed by atoms with van der Waals surface area (Å²) in [4.78, 5) is 46.5. The molecule has 2 aliphatic rings. The summed E-state index contributed by atoms with van der Waals surface area (Å²) in [6.07, 6.45) is 1.14. The molecule has 23 heteroatoms. The lowest BCUT2D eigenvalue weighted by Crippen LogP contribution is -2.49. The number of nitrogens with zero attached hydrogens (tertiary/aromatic N) is 1. The average molecular weight is 754 g/mol. The Morgan fingerprint density at radius 1 is 0.940 bits per heavy atom. The van der Waals surface area contributed by atoms with E-state index in [-0.39, 0.29) is 28.5 Å².